The highest BCUT2D eigenvalue weighted by Gasteiger charge is 2.32. The molecular weight excluding hydrogens is 220 g/mol. The summed E-state index contributed by atoms with van der Waals surface area (Å²) in [5.74, 6) is 0. The van der Waals surface area contributed by atoms with E-state index in [2.05, 4.69) is 13.8 Å². The fourth-order valence-electron chi connectivity index (χ4n) is 2.75. The van der Waals surface area contributed by atoms with Crippen LogP contribution in [0.4, 0.5) is 0 Å². The van der Waals surface area contributed by atoms with Gasteiger partial charge >= 0.3 is 0 Å². The van der Waals surface area contributed by atoms with Crippen LogP contribution in [-0.2, 0) is 12.8 Å². The second-order valence-corrected chi connectivity index (χ2v) is 5.95. The zero-order valence-corrected chi connectivity index (χ0v) is 11.0. The van der Waals surface area contributed by atoms with Crippen molar-refractivity contribution in [3.05, 3.63) is 32.8 Å². The number of rotatable bonds is 1. The van der Waals surface area contributed by atoms with Crippen molar-refractivity contribution in [2.24, 2.45) is 5.41 Å². The van der Waals surface area contributed by atoms with E-state index >= 15 is 0 Å². The average molecular weight is 237 g/mol. The van der Waals surface area contributed by atoms with E-state index in [4.69, 9.17) is 11.6 Å². The maximum atomic E-state index is 11.1. The Morgan fingerprint density at radius 2 is 1.62 bits per heavy atom. The Kier molecular flexibility index (Phi) is 2.62. The van der Waals surface area contributed by atoms with Crippen molar-refractivity contribution in [1.82, 2.24) is 0 Å². The quantitative estimate of drug-likeness (QED) is 0.676. The number of benzene rings is 1. The lowest BCUT2D eigenvalue weighted by atomic mass is 9.90. The van der Waals surface area contributed by atoms with Gasteiger partial charge in [-0.1, -0.05) is 25.4 Å². The van der Waals surface area contributed by atoms with Crippen LogP contribution in [0, 0.1) is 19.3 Å². The molecule has 1 aromatic carbocycles. The molecule has 0 unspecified atom stereocenters. The molecule has 16 heavy (non-hydrogen) atoms. The molecule has 1 nitrogen and oxygen atoms in total. The molecule has 1 aliphatic carbocycles. The molecule has 1 aliphatic rings. The molecule has 86 valence electrons. The number of halogens is 1. The third kappa shape index (κ3) is 1.58. The summed E-state index contributed by atoms with van der Waals surface area (Å²) in [7, 11) is 0. The van der Waals surface area contributed by atoms with E-state index in [0.717, 1.165) is 30.3 Å². The molecule has 0 aromatic heterocycles. The topological polar surface area (TPSA) is 17.1 Å². The summed E-state index contributed by atoms with van der Waals surface area (Å²) in [6, 6.07) is 0. The van der Waals surface area contributed by atoms with Gasteiger partial charge in [-0.05, 0) is 54.4 Å². The fourth-order valence-corrected chi connectivity index (χ4v) is 3.05. The van der Waals surface area contributed by atoms with Crippen LogP contribution in [-0.4, -0.2) is 6.29 Å². The van der Waals surface area contributed by atoms with E-state index in [1.807, 2.05) is 13.8 Å². The maximum Gasteiger partial charge on any atom is 0.151 e. The van der Waals surface area contributed by atoms with E-state index in [1.54, 1.807) is 0 Å². The van der Waals surface area contributed by atoms with Crippen LogP contribution in [0.25, 0.3) is 0 Å². The third-order valence-corrected chi connectivity index (χ3v) is 4.15. The van der Waals surface area contributed by atoms with Crippen LogP contribution in [0.1, 0.15) is 46.5 Å². The lowest BCUT2D eigenvalue weighted by molar-refractivity contribution is 0.112. The second-order valence-electron chi connectivity index (χ2n) is 5.57. The Morgan fingerprint density at radius 3 is 2.12 bits per heavy atom. The summed E-state index contributed by atoms with van der Waals surface area (Å²) in [5, 5.41) is 0.643. The standard InChI is InChI=1S/C14H17ClO/c1-8-10-5-14(3,4)6-11(10)9(2)13(15)12(8)7-16/h7H,5-6H2,1-4H3. The van der Waals surface area contributed by atoms with Crippen molar-refractivity contribution in [2.45, 2.75) is 40.5 Å². The van der Waals surface area contributed by atoms with Crippen LogP contribution in [0.2, 0.25) is 5.02 Å². The summed E-state index contributed by atoms with van der Waals surface area (Å²) >= 11 is 6.24. The van der Waals surface area contributed by atoms with Gasteiger partial charge in [0.15, 0.2) is 6.29 Å². The molecular formula is C14H17ClO. The molecule has 1 aromatic rings. The van der Waals surface area contributed by atoms with Crippen LogP contribution in [0.5, 0.6) is 0 Å². The molecule has 0 N–H and O–H groups in total. The van der Waals surface area contributed by atoms with Crippen LogP contribution in [0.3, 0.4) is 0 Å². The molecule has 0 saturated heterocycles. The molecule has 0 aliphatic heterocycles. The average Bonchev–Trinajstić information content (AvgIpc) is 2.52. The predicted molar refractivity (Wildman–Crippen MR) is 67.5 cm³/mol. The largest absolute Gasteiger partial charge is 0.298 e. The number of carbonyl (C=O) groups excluding carboxylic acids is 1. The first-order chi connectivity index (χ1) is 7.37. The molecule has 0 fully saturated rings. The second kappa shape index (κ2) is 3.59. The van der Waals surface area contributed by atoms with Crippen LogP contribution >= 0.6 is 11.6 Å². The first kappa shape index (κ1) is 11.7. The summed E-state index contributed by atoms with van der Waals surface area (Å²) in [6.45, 7) is 8.56. The highest BCUT2D eigenvalue weighted by molar-refractivity contribution is 6.34. The smallest absolute Gasteiger partial charge is 0.151 e. The highest BCUT2D eigenvalue weighted by Crippen LogP contribution is 2.42. The van der Waals surface area contributed by atoms with Gasteiger partial charge in [-0.2, -0.15) is 0 Å². The SMILES string of the molecule is Cc1c(Cl)c(C=O)c(C)c2c1CC(C)(C)C2. The number of hydrogen-bond donors (Lipinski definition) is 0. The molecule has 0 heterocycles. The molecule has 2 heteroatoms. The van der Waals surface area contributed by atoms with Gasteiger partial charge in [0.2, 0.25) is 0 Å². The van der Waals surface area contributed by atoms with Gasteiger partial charge in [-0.15, -0.1) is 0 Å². The van der Waals surface area contributed by atoms with Crippen molar-refractivity contribution >= 4 is 17.9 Å². The van der Waals surface area contributed by atoms with Gasteiger partial charge in [0, 0.05) is 5.56 Å². The predicted octanol–water partition coefficient (Wildman–Crippen LogP) is 3.89. The van der Waals surface area contributed by atoms with Gasteiger partial charge in [0.25, 0.3) is 0 Å². The molecule has 0 amide bonds. The molecule has 0 spiro atoms. The van der Waals surface area contributed by atoms with Gasteiger partial charge in [-0.25, -0.2) is 0 Å². The van der Waals surface area contributed by atoms with Crippen molar-refractivity contribution in [1.29, 1.82) is 0 Å². The summed E-state index contributed by atoms with van der Waals surface area (Å²) < 4.78 is 0. The zero-order chi connectivity index (χ0) is 12.1. The minimum atomic E-state index is 0.294. The highest BCUT2D eigenvalue weighted by atomic mass is 35.5. The number of fused-ring (bicyclic) bond motifs is 1. The van der Waals surface area contributed by atoms with E-state index in [0.29, 0.717) is 16.0 Å². The third-order valence-electron chi connectivity index (χ3n) is 3.67. The Hall–Kier alpha value is -0.820. The first-order valence-corrected chi connectivity index (χ1v) is 6.01. The lowest BCUT2D eigenvalue weighted by Crippen LogP contribution is -2.10. The van der Waals surface area contributed by atoms with Crippen LogP contribution < -0.4 is 0 Å². The minimum absolute atomic E-state index is 0.294. The minimum Gasteiger partial charge on any atom is -0.298 e. The molecule has 0 atom stereocenters. The fraction of sp³-hybridized carbons (Fsp3) is 0.500. The van der Waals surface area contributed by atoms with E-state index in [-0.39, 0.29) is 0 Å². The molecule has 0 saturated carbocycles. The van der Waals surface area contributed by atoms with E-state index in [9.17, 15) is 4.79 Å². The maximum absolute atomic E-state index is 11.1. The Bertz CT molecular complexity index is 472. The Labute approximate surface area is 102 Å². The summed E-state index contributed by atoms with van der Waals surface area (Å²) in [5.41, 5.74) is 5.84. The summed E-state index contributed by atoms with van der Waals surface area (Å²) in [4.78, 5) is 11.1. The molecule has 2 rings (SSSR count). The number of aldehydes is 1. The van der Waals surface area contributed by atoms with Gasteiger partial charge in [-0.3, -0.25) is 4.79 Å². The molecule has 0 radical (unpaired) electrons. The summed E-state index contributed by atoms with van der Waals surface area (Å²) in [6.07, 6.45) is 3.00. The van der Waals surface area contributed by atoms with Gasteiger partial charge in [0.1, 0.15) is 0 Å². The lowest BCUT2D eigenvalue weighted by Gasteiger charge is -2.15. The van der Waals surface area contributed by atoms with Gasteiger partial charge < -0.3 is 0 Å². The monoisotopic (exact) mass is 236 g/mol. The van der Waals surface area contributed by atoms with Gasteiger partial charge in [0.05, 0.1) is 5.02 Å². The molecule has 0 bridgehead atoms. The van der Waals surface area contributed by atoms with E-state index in [1.165, 1.54) is 11.1 Å². The normalized spacial score (nSPS) is 17.3. The van der Waals surface area contributed by atoms with Crippen molar-refractivity contribution < 1.29 is 4.79 Å². The Balaban J connectivity index is 2.73. The van der Waals surface area contributed by atoms with Crippen molar-refractivity contribution in [2.75, 3.05) is 0 Å². The van der Waals surface area contributed by atoms with E-state index < -0.39 is 0 Å². The number of hydrogen-bond acceptors (Lipinski definition) is 1. The van der Waals surface area contributed by atoms with Crippen LogP contribution in [0.15, 0.2) is 0 Å². The Morgan fingerprint density at radius 1 is 1.12 bits per heavy atom. The number of carbonyl (C=O) groups is 1. The first-order valence-electron chi connectivity index (χ1n) is 5.63. The van der Waals surface area contributed by atoms with Crippen molar-refractivity contribution in [3.8, 4) is 0 Å². The van der Waals surface area contributed by atoms with Crippen molar-refractivity contribution in [3.63, 3.8) is 0 Å². The zero-order valence-electron chi connectivity index (χ0n) is 10.3.